The summed E-state index contributed by atoms with van der Waals surface area (Å²) in [5.41, 5.74) is 6.60. The highest BCUT2D eigenvalue weighted by Crippen LogP contribution is 2.31. The topological polar surface area (TPSA) is 51.8 Å². The van der Waals surface area contributed by atoms with Gasteiger partial charge in [-0.15, -0.1) is 0 Å². The zero-order valence-corrected chi connectivity index (χ0v) is 10.1. The van der Waals surface area contributed by atoms with E-state index in [9.17, 15) is 4.39 Å². The molecule has 2 N–H and O–H groups in total. The molecule has 3 nitrogen and oxygen atoms in total. The molecule has 2 aromatic rings. The zero-order chi connectivity index (χ0) is 12.3. The van der Waals surface area contributed by atoms with Gasteiger partial charge in [-0.2, -0.15) is 0 Å². The van der Waals surface area contributed by atoms with Crippen LogP contribution in [0.4, 0.5) is 4.39 Å². The molecule has 88 valence electrons. The van der Waals surface area contributed by atoms with Gasteiger partial charge in [0.05, 0.1) is 6.20 Å². The Bertz CT molecular complexity index is 502. The lowest BCUT2D eigenvalue weighted by Crippen LogP contribution is -2.06. The molecule has 1 aromatic heterocycles. The second kappa shape index (κ2) is 5.25. The first-order valence-corrected chi connectivity index (χ1v) is 5.97. The van der Waals surface area contributed by atoms with Crippen molar-refractivity contribution in [3.63, 3.8) is 0 Å². The summed E-state index contributed by atoms with van der Waals surface area (Å²) in [4.78, 5) is 9.05. The van der Waals surface area contributed by atoms with E-state index >= 15 is 0 Å². The molecule has 1 atom stereocenters. The Morgan fingerprint density at radius 1 is 1.35 bits per heavy atom. The summed E-state index contributed by atoms with van der Waals surface area (Å²) in [5, 5.41) is 0.765. The van der Waals surface area contributed by atoms with Crippen molar-refractivity contribution in [3.05, 3.63) is 48.2 Å². The van der Waals surface area contributed by atoms with Crippen molar-refractivity contribution in [1.82, 2.24) is 9.97 Å². The molecular weight excluding hydrogens is 237 g/mol. The lowest BCUT2D eigenvalue weighted by molar-refractivity contribution is 0.619. The van der Waals surface area contributed by atoms with Crippen molar-refractivity contribution in [2.45, 2.75) is 22.9 Å². The molecule has 0 bridgehead atoms. The van der Waals surface area contributed by atoms with Gasteiger partial charge in [0.15, 0.2) is 0 Å². The number of aromatic nitrogens is 2. The maximum Gasteiger partial charge on any atom is 0.123 e. The number of nitrogens with zero attached hydrogens (tertiary/aromatic N) is 2. The molecule has 0 spiro atoms. The van der Waals surface area contributed by atoms with Crippen LogP contribution in [0.2, 0.25) is 0 Å². The molecular formula is C12H12FN3S. The molecule has 1 heterocycles. The van der Waals surface area contributed by atoms with Crippen LogP contribution >= 0.6 is 11.8 Å². The molecule has 0 fully saturated rings. The maximum atomic E-state index is 13.2. The Morgan fingerprint density at radius 3 is 2.82 bits per heavy atom. The second-order valence-electron chi connectivity index (χ2n) is 3.62. The predicted molar refractivity (Wildman–Crippen MR) is 65.2 cm³/mol. The van der Waals surface area contributed by atoms with Crippen molar-refractivity contribution in [1.29, 1.82) is 0 Å². The number of hydrogen-bond donors (Lipinski definition) is 1. The number of hydrogen-bond acceptors (Lipinski definition) is 4. The first-order valence-electron chi connectivity index (χ1n) is 5.15. The van der Waals surface area contributed by atoms with Gasteiger partial charge in [0.1, 0.15) is 10.8 Å². The average Bonchev–Trinajstić information content (AvgIpc) is 2.32. The van der Waals surface area contributed by atoms with Crippen LogP contribution in [0.1, 0.15) is 18.5 Å². The summed E-state index contributed by atoms with van der Waals surface area (Å²) in [5.74, 6) is -0.277. The number of halogens is 1. The first kappa shape index (κ1) is 12.0. The zero-order valence-electron chi connectivity index (χ0n) is 9.30. The van der Waals surface area contributed by atoms with E-state index in [1.807, 2.05) is 6.92 Å². The predicted octanol–water partition coefficient (Wildman–Crippen LogP) is 2.79. The average molecular weight is 249 g/mol. The molecule has 0 aliphatic rings. The Balaban J connectivity index is 2.33. The number of benzene rings is 1. The van der Waals surface area contributed by atoms with Gasteiger partial charge in [0, 0.05) is 23.3 Å². The van der Waals surface area contributed by atoms with Crippen LogP contribution in [-0.4, -0.2) is 9.97 Å². The summed E-state index contributed by atoms with van der Waals surface area (Å²) < 4.78 is 13.2. The molecule has 0 amide bonds. The molecule has 0 saturated heterocycles. The van der Waals surface area contributed by atoms with E-state index in [0.29, 0.717) is 0 Å². The third-order valence-electron chi connectivity index (χ3n) is 2.22. The Kier molecular flexibility index (Phi) is 3.71. The van der Waals surface area contributed by atoms with Crippen LogP contribution in [-0.2, 0) is 0 Å². The van der Waals surface area contributed by atoms with E-state index in [1.54, 1.807) is 24.7 Å². The molecule has 0 saturated carbocycles. The lowest BCUT2D eigenvalue weighted by Gasteiger charge is -2.11. The highest BCUT2D eigenvalue weighted by molar-refractivity contribution is 7.99. The van der Waals surface area contributed by atoms with Crippen molar-refractivity contribution < 1.29 is 4.39 Å². The normalized spacial score (nSPS) is 12.4. The summed E-state index contributed by atoms with van der Waals surface area (Å²) in [6.45, 7) is 1.83. The van der Waals surface area contributed by atoms with Gasteiger partial charge >= 0.3 is 0 Å². The quantitative estimate of drug-likeness (QED) is 0.908. The lowest BCUT2D eigenvalue weighted by atomic mass is 10.1. The third-order valence-corrected chi connectivity index (χ3v) is 3.23. The van der Waals surface area contributed by atoms with Crippen molar-refractivity contribution >= 4 is 11.8 Å². The number of nitrogens with two attached hydrogens (primary N) is 1. The van der Waals surface area contributed by atoms with E-state index in [1.165, 1.54) is 23.9 Å². The van der Waals surface area contributed by atoms with E-state index < -0.39 is 0 Å². The monoisotopic (exact) mass is 249 g/mol. The summed E-state index contributed by atoms with van der Waals surface area (Å²) in [6.07, 6.45) is 4.90. The van der Waals surface area contributed by atoms with Crippen molar-refractivity contribution in [2.24, 2.45) is 5.73 Å². The van der Waals surface area contributed by atoms with Gasteiger partial charge in [-0.1, -0.05) is 11.8 Å². The molecule has 0 radical (unpaired) electrons. The van der Waals surface area contributed by atoms with Crippen LogP contribution in [0.5, 0.6) is 0 Å². The Labute approximate surface area is 103 Å². The second-order valence-corrected chi connectivity index (χ2v) is 4.68. The highest BCUT2D eigenvalue weighted by atomic mass is 32.2. The molecule has 0 aliphatic heterocycles. The minimum atomic E-state index is -0.277. The molecule has 0 aliphatic carbocycles. The molecule has 1 aromatic carbocycles. The SMILES string of the molecule is CC(N)c1cc(F)ccc1Sc1cnccn1. The fourth-order valence-electron chi connectivity index (χ4n) is 1.42. The smallest absolute Gasteiger partial charge is 0.123 e. The largest absolute Gasteiger partial charge is 0.324 e. The van der Waals surface area contributed by atoms with Crippen LogP contribution < -0.4 is 5.73 Å². The van der Waals surface area contributed by atoms with Gasteiger partial charge in [0.25, 0.3) is 0 Å². The van der Waals surface area contributed by atoms with Gasteiger partial charge < -0.3 is 5.73 Å². The summed E-state index contributed by atoms with van der Waals surface area (Å²) in [7, 11) is 0. The van der Waals surface area contributed by atoms with Gasteiger partial charge in [-0.3, -0.25) is 4.98 Å². The third kappa shape index (κ3) is 3.01. The fourth-order valence-corrected chi connectivity index (χ4v) is 2.37. The standard InChI is InChI=1S/C12H12FN3S/c1-8(14)10-6-9(13)2-3-11(10)17-12-7-15-4-5-16-12/h2-8H,14H2,1H3. The van der Waals surface area contributed by atoms with Crippen molar-refractivity contribution in [2.75, 3.05) is 0 Å². The van der Waals surface area contributed by atoms with Crippen molar-refractivity contribution in [3.8, 4) is 0 Å². The maximum absolute atomic E-state index is 13.2. The van der Waals surface area contributed by atoms with Gasteiger partial charge in [-0.05, 0) is 30.7 Å². The Hall–Kier alpha value is -1.46. The molecule has 2 rings (SSSR count). The minimum absolute atomic E-state index is 0.218. The number of rotatable bonds is 3. The highest BCUT2D eigenvalue weighted by Gasteiger charge is 2.10. The van der Waals surface area contributed by atoms with Gasteiger partial charge in [-0.25, -0.2) is 9.37 Å². The molecule has 5 heteroatoms. The van der Waals surface area contributed by atoms with Crippen LogP contribution in [0, 0.1) is 5.82 Å². The van der Waals surface area contributed by atoms with E-state index in [-0.39, 0.29) is 11.9 Å². The summed E-state index contributed by atoms with van der Waals surface area (Å²) in [6, 6.07) is 4.38. The van der Waals surface area contributed by atoms with Gasteiger partial charge in [0.2, 0.25) is 0 Å². The molecule has 17 heavy (non-hydrogen) atoms. The van der Waals surface area contributed by atoms with E-state index in [4.69, 9.17) is 5.73 Å². The fraction of sp³-hybridized carbons (Fsp3) is 0.167. The van der Waals surface area contributed by atoms with E-state index in [2.05, 4.69) is 9.97 Å². The minimum Gasteiger partial charge on any atom is -0.324 e. The summed E-state index contributed by atoms with van der Waals surface area (Å²) >= 11 is 1.43. The Morgan fingerprint density at radius 2 is 2.18 bits per heavy atom. The van der Waals surface area contributed by atoms with Crippen LogP contribution in [0.15, 0.2) is 46.7 Å². The molecule has 1 unspecified atom stereocenters. The van der Waals surface area contributed by atoms with Crippen LogP contribution in [0.25, 0.3) is 0 Å². The van der Waals surface area contributed by atoms with Crippen LogP contribution in [0.3, 0.4) is 0 Å². The van der Waals surface area contributed by atoms with E-state index in [0.717, 1.165) is 15.5 Å². The first-order chi connectivity index (χ1) is 8.16.